The zero-order valence-corrected chi connectivity index (χ0v) is 19.6. The van der Waals surface area contributed by atoms with Gasteiger partial charge in [-0.3, -0.25) is 4.79 Å². The Kier molecular flexibility index (Phi) is 7.64. The van der Waals surface area contributed by atoms with Crippen LogP contribution in [0.1, 0.15) is 64.0 Å². The zero-order chi connectivity index (χ0) is 22.6. The van der Waals surface area contributed by atoms with Crippen molar-refractivity contribution in [2.75, 3.05) is 7.05 Å². The Labute approximate surface area is 184 Å². The average Bonchev–Trinajstić information content (AvgIpc) is 2.66. The molecule has 0 saturated heterocycles. The van der Waals surface area contributed by atoms with Crippen LogP contribution < -0.4 is 5.32 Å². The molecule has 162 valence electrons. The molecule has 0 aliphatic rings. The summed E-state index contributed by atoms with van der Waals surface area (Å²) in [5, 5.41) is 3.02. The molecule has 0 bridgehead atoms. The highest BCUT2D eigenvalue weighted by Crippen LogP contribution is 2.28. The lowest BCUT2D eigenvalue weighted by atomic mass is 10.0. The lowest BCUT2D eigenvalue weighted by Crippen LogP contribution is -2.40. The van der Waals surface area contributed by atoms with E-state index in [1.165, 1.54) is 12.1 Å². The third kappa shape index (κ3) is 6.05. The number of halogens is 2. The van der Waals surface area contributed by atoms with Crippen LogP contribution in [0.5, 0.6) is 0 Å². The van der Waals surface area contributed by atoms with Crippen LogP contribution in [0.15, 0.2) is 36.4 Å². The first kappa shape index (κ1) is 23.9. The zero-order valence-electron chi connectivity index (χ0n) is 18.8. The standard InChI is InChI=1S/C24H31ClFN3O/c1-8-9-22(29(7)15(2)3)21-14-17(23(30)28-24(4,5)6)13-20(27-21)16-10-11-19(26)18(25)12-16/h9-15H,8H2,1-7H3,(H,28,30)/b22-9-. The van der Waals surface area contributed by atoms with Gasteiger partial charge in [0.05, 0.1) is 22.1 Å². The number of nitrogens with one attached hydrogen (secondary N) is 1. The van der Waals surface area contributed by atoms with Gasteiger partial charge in [0.25, 0.3) is 5.91 Å². The number of pyridine rings is 1. The molecule has 2 aromatic rings. The SMILES string of the molecule is CC/C=C(/c1cc(C(=O)NC(C)(C)C)cc(-c2ccc(F)c(Cl)c2)n1)N(C)C(C)C. The third-order valence-electron chi connectivity index (χ3n) is 4.61. The number of allylic oxidation sites excluding steroid dienone is 1. The Morgan fingerprint density at radius 2 is 1.93 bits per heavy atom. The second-order valence-corrected chi connectivity index (χ2v) is 9.07. The summed E-state index contributed by atoms with van der Waals surface area (Å²) in [7, 11) is 2.00. The van der Waals surface area contributed by atoms with Crippen molar-refractivity contribution < 1.29 is 9.18 Å². The van der Waals surface area contributed by atoms with Crippen molar-refractivity contribution in [1.29, 1.82) is 0 Å². The van der Waals surface area contributed by atoms with Crippen LogP contribution in [0.3, 0.4) is 0 Å². The quantitative estimate of drug-likeness (QED) is 0.595. The van der Waals surface area contributed by atoms with E-state index in [9.17, 15) is 9.18 Å². The Morgan fingerprint density at radius 3 is 2.47 bits per heavy atom. The molecular weight excluding hydrogens is 401 g/mol. The molecule has 0 unspecified atom stereocenters. The number of carbonyl (C=O) groups is 1. The second-order valence-electron chi connectivity index (χ2n) is 8.66. The van der Waals surface area contributed by atoms with Crippen molar-refractivity contribution in [1.82, 2.24) is 15.2 Å². The van der Waals surface area contributed by atoms with Gasteiger partial charge in [-0.2, -0.15) is 0 Å². The Balaban J connectivity index is 2.69. The fourth-order valence-electron chi connectivity index (χ4n) is 2.91. The Morgan fingerprint density at radius 1 is 1.27 bits per heavy atom. The molecule has 0 aliphatic heterocycles. The van der Waals surface area contributed by atoms with Gasteiger partial charge in [-0.05, 0) is 71.4 Å². The van der Waals surface area contributed by atoms with Crippen LogP contribution in [0, 0.1) is 5.82 Å². The van der Waals surface area contributed by atoms with E-state index in [4.69, 9.17) is 16.6 Å². The molecule has 0 spiro atoms. The van der Waals surface area contributed by atoms with E-state index in [0.717, 1.165) is 12.1 Å². The smallest absolute Gasteiger partial charge is 0.251 e. The minimum absolute atomic E-state index is 0.0176. The van der Waals surface area contributed by atoms with Gasteiger partial charge in [0.1, 0.15) is 5.82 Å². The predicted octanol–water partition coefficient (Wildman–Crippen LogP) is 6.16. The van der Waals surface area contributed by atoms with E-state index in [-0.39, 0.29) is 22.5 Å². The normalized spacial score (nSPS) is 12.3. The highest BCUT2D eigenvalue weighted by atomic mass is 35.5. The molecule has 30 heavy (non-hydrogen) atoms. The first-order valence-corrected chi connectivity index (χ1v) is 10.5. The van der Waals surface area contributed by atoms with Gasteiger partial charge in [-0.25, -0.2) is 9.37 Å². The summed E-state index contributed by atoms with van der Waals surface area (Å²) in [6.45, 7) is 12.1. The lowest BCUT2D eigenvalue weighted by molar-refractivity contribution is 0.0919. The van der Waals surface area contributed by atoms with E-state index in [1.807, 2.05) is 27.8 Å². The Bertz CT molecular complexity index is 948. The maximum absolute atomic E-state index is 13.7. The topological polar surface area (TPSA) is 45.2 Å². The second kappa shape index (κ2) is 9.61. The molecule has 0 saturated carbocycles. The summed E-state index contributed by atoms with van der Waals surface area (Å²) in [5.74, 6) is -0.683. The number of benzene rings is 1. The van der Waals surface area contributed by atoms with E-state index in [0.29, 0.717) is 22.5 Å². The van der Waals surface area contributed by atoms with Crippen LogP contribution in [0.4, 0.5) is 4.39 Å². The van der Waals surface area contributed by atoms with E-state index < -0.39 is 5.82 Å². The van der Waals surface area contributed by atoms with Crippen LogP contribution in [0.25, 0.3) is 17.0 Å². The molecule has 1 N–H and O–H groups in total. The summed E-state index contributed by atoms with van der Waals surface area (Å²) >= 11 is 6.00. The van der Waals surface area contributed by atoms with Crippen molar-refractivity contribution in [3.05, 3.63) is 58.5 Å². The predicted molar refractivity (Wildman–Crippen MR) is 123 cm³/mol. The van der Waals surface area contributed by atoms with Gasteiger partial charge < -0.3 is 10.2 Å². The number of hydrogen-bond acceptors (Lipinski definition) is 3. The minimum atomic E-state index is -0.492. The first-order chi connectivity index (χ1) is 13.9. The largest absolute Gasteiger partial charge is 0.371 e. The van der Waals surface area contributed by atoms with Crippen LogP contribution in [0.2, 0.25) is 5.02 Å². The summed E-state index contributed by atoms with van der Waals surface area (Å²) < 4.78 is 13.7. The van der Waals surface area contributed by atoms with Crippen LogP contribution in [-0.4, -0.2) is 34.4 Å². The van der Waals surface area contributed by atoms with Gasteiger partial charge in [0.2, 0.25) is 0 Å². The number of rotatable bonds is 6. The Hall–Kier alpha value is -2.40. The van der Waals surface area contributed by atoms with E-state index in [2.05, 4.69) is 37.1 Å². The fraction of sp³-hybridized carbons (Fsp3) is 0.417. The molecule has 1 heterocycles. The van der Waals surface area contributed by atoms with E-state index in [1.54, 1.807) is 18.2 Å². The van der Waals surface area contributed by atoms with E-state index >= 15 is 0 Å². The van der Waals surface area contributed by atoms with Crippen LogP contribution in [-0.2, 0) is 0 Å². The first-order valence-electron chi connectivity index (χ1n) is 10.2. The number of nitrogens with zero attached hydrogens (tertiary/aromatic N) is 2. The molecule has 6 heteroatoms. The maximum Gasteiger partial charge on any atom is 0.251 e. The van der Waals surface area contributed by atoms with Gasteiger partial charge in [-0.15, -0.1) is 0 Å². The van der Waals surface area contributed by atoms with Gasteiger partial charge in [0.15, 0.2) is 0 Å². The van der Waals surface area contributed by atoms with Crippen molar-refractivity contribution >= 4 is 23.2 Å². The van der Waals surface area contributed by atoms with Crippen molar-refractivity contribution in [3.63, 3.8) is 0 Å². The number of aromatic nitrogens is 1. The van der Waals surface area contributed by atoms with Gasteiger partial charge >= 0.3 is 0 Å². The summed E-state index contributed by atoms with van der Waals surface area (Å²) in [5.41, 5.74) is 2.95. The molecule has 1 aromatic carbocycles. The van der Waals surface area contributed by atoms with Crippen molar-refractivity contribution in [3.8, 4) is 11.3 Å². The molecular formula is C24H31ClFN3O. The monoisotopic (exact) mass is 431 g/mol. The molecule has 1 amide bonds. The number of carbonyl (C=O) groups excluding carboxylic acids is 1. The summed E-state index contributed by atoms with van der Waals surface area (Å²) in [6.07, 6.45) is 2.92. The number of hydrogen-bond donors (Lipinski definition) is 1. The van der Waals surface area contributed by atoms with Gasteiger partial charge in [-0.1, -0.05) is 24.6 Å². The molecule has 0 radical (unpaired) electrons. The molecule has 0 aliphatic carbocycles. The highest BCUT2D eigenvalue weighted by Gasteiger charge is 2.20. The number of amides is 1. The highest BCUT2D eigenvalue weighted by molar-refractivity contribution is 6.31. The molecule has 0 atom stereocenters. The molecule has 0 fully saturated rings. The molecule has 4 nitrogen and oxygen atoms in total. The molecule has 1 aromatic heterocycles. The fourth-order valence-corrected chi connectivity index (χ4v) is 3.09. The summed E-state index contributed by atoms with van der Waals surface area (Å²) in [6, 6.07) is 8.23. The minimum Gasteiger partial charge on any atom is -0.371 e. The van der Waals surface area contributed by atoms with Crippen molar-refractivity contribution in [2.24, 2.45) is 0 Å². The maximum atomic E-state index is 13.7. The third-order valence-corrected chi connectivity index (χ3v) is 4.90. The van der Waals surface area contributed by atoms with Crippen LogP contribution >= 0.6 is 11.6 Å². The summed E-state index contributed by atoms with van der Waals surface area (Å²) in [4.78, 5) is 19.9. The average molecular weight is 432 g/mol. The molecule has 2 rings (SSSR count). The lowest BCUT2D eigenvalue weighted by Gasteiger charge is -2.27. The van der Waals surface area contributed by atoms with Crippen molar-refractivity contribution in [2.45, 2.75) is 59.5 Å². The van der Waals surface area contributed by atoms with Gasteiger partial charge in [0, 0.05) is 29.8 Å².